The molecule has 0 amide bonds. The number of likely N-dealkylation sites (N-methyl/N-ethyl adjacent to an activating group) is 1. The minimum absolute atomic E-state index is 0.0680. The quantitative estimate of drug-likeness (QED) is 0.819. The Bertz CT molecular complexity index is 783. The summed E-state index contributed by atoms with van der Waals surface area (Å²) in [4.78, 5) is 12.3. The van der Waals surface area contributed by atoms with Crippen LogP contribution in [0.5, 0.6) is 0 Å². The molecule has 0 aliphatic rings. The SMILES string of the molecule is CN(C)c1ccc(S(=O)(=O)N(C)CC(=O)O)c2nonc12. The van der Waals surface area contributed by atoms with E-state index >= 15 is 0 Å². The summed E-state index contributed by atoms with van der Waals surface area (Å²) in [5, 5.41) is 16.1. The number of benzene rings is 1. The molecule has 1 aromatic carbocycles. The van der Waals surface area contributed by atoms with Gasteiger partial charge in [-0.2, -0.15) is 4.31 Å². The zero-order valence-electron chi connectivity index (χ0n) is 11.6. The Morgan fingerprint density at radius 3 is 2.43 bits per heavy atom. The maximum absolute atomic E-state index is 12.4. The molecule has 21 heavy (non-hydrogen) atoms. The molecule has 114 valence electrons. The van der Waals surface area contributed by atoms with Gasteiger partial charge in [-0.15, -0.1) is 0 Å². The van der Waals surface area contributed by atoms with E-state index in [1.54, 1.807) is 25.1 Å². The lowest BCUT2D eigenvalue weighted by Crippen LogP contribution is -2.32. The van der Waals surface area contributed by atoms with Gasteiger partial charge < -0.3 is 10.0 Å². The van der Waals surface area contributed by atoms with Gasteiger partial charge in [-0.1, -0.05) is 0 Å². The molecule has 10 heteroatoms. The predicted molar refractivity (Wildman–Crippen MR) is 73.6 cm³/mol. The van der Waals surface area contributed by atoms with Gasteiger partial charge in [0.2, 0.25) is 10.0 Å². The van der Waals surface area contributed by atoms with Gasteiger partial charge in [-0.05, 0) is 22.4 Å². The van der Waals surface area contributed by atoms with Crippen LogP contribution in [0.4, 0.5) is 5.69 Å². The van der Waals surface area contributed by atoms with Crippen molar-refractivity contribution in [1.82, 2.24) is 14.6 Å². The number of rotatable bonds is 5. The highest BCUT2D eigenvalue weighted by molar-refractivity contribution is 7.89. The zero-order chi connectivity index (χ0) is 15.8. The van der Waals surface area contributed by atoms with Gasteiger partial charge in [0.1, 0.15) is 11.4 Å². The summed E-state index contributed by atoms with van der Waals surface area (Å²) in [5.74, 6) is -1.25. The fraction of sp³-hybridized carbons (Fsp3) is 0.364. The summed E-state index contributed by atoms with van der Waals surface area (Å²) in [6, 6.07) is 2.92. The fourth-order valence-electron chi connectivity index (χ4n) is 1.84. The number of carboxylic acids is 1. The first-order chi connectivity index (χ1) is 9.75. The fourth-order valence-corrected chi connectivity index (χ4v) is 3.08. The first-order valence-corrected chi connectivity index (χ1v) is 7.30. The molecule has 0 aliphatic heterocycles. The minimum Gasteiger partial charge on any atom is -0.480 e. The van der Waals surface area contributed by atoms with Gasteiger partial charge in [-0.3, -0.25) is 4.79 Å². The molecule has 0 saturated heterocycles. The molecule has 1 N–H and O–H groups in total. The Kier molecular flexibility index (Phi) is 3.83. The molecule has 0 saturated carbocycles. The molecule has 1 aromatic heterocycles. The number of sulfonamides is 1. The average molecular weight is 314 g/mol. The van der Waals surface area contributed by atoms with Crippen LogP contribution in [-0.2, 0) is 14.8 Å². The molecule has 0 atom stereocenters. The van der Waals surface area contributed by atoms with Crippen LogP contribution in [0.3, 0.4) is 0 Å². The van der Waals surface area contributed by atoms with Crippen LogP contribution in [0.15, 0.2) is 21.7 Å². The van der Waals surface area contributed by atoms with Crippen LogP contribution in [0, 0.1) is 0 Å². The Morgan fingerprint density at radius 1 is 1.24 bits per heavy atom. The number of anilines is 1. The number of nitrogens with zero attached hydrogens (tertiary/aromatic N) is 4. The van der Waals surface area contributed by atoms with Crippen molar-refractivity contribution in [2.75, 3.05) is 32.6 Å². The van der Waals surface area contributed by atoms with E-state index in [0.29, 0.717) is 11.2 Å². The number of carboxylic acid groups (broad SMARTS) is 1. The lowest BCUT2D eigenvalue weighted by Gasteiger charge is -2.17. The van der Waals surface area contributed by atoms with Crippen molar-refractivity contribution in [3.63, 3.8) is 0 Å². The third-order valence-electron chi connectivity index (χ3n) is 2.89. The highest BCUT2D eigenvalue weighted by Gasteiger charge is 2.28. The van der Waals surface area contributed by atoms with E-state index in [4.69, 9.17) is 5.11 Å². The highest BCUT2D eigenvalue weighted by Crippen LogP contribution is 2.29. The van der Waals surface area contributed by atoms with Crippen LogP contribution in [0.25, 0.3) is 11.0 Å². The van der Waals surface area contributed by atoms with E-state index in [0.717, 1.165) is 4.31 Å². The summed E-state index contributed by atoms with van der Waals surface area (Å²) in [5.41, 5.74) is 1.01. The van der Waals surface area contributed by atoms with Crippen molar-refractivity contribution < 1.29 is 22.9 Å². The lowest BCUT2D eigenvalue weighted by atomic mass is 10.2. The minimum atomic E-state index is -4.00. The van der Waals surface area contributed by atoms with Crippen molar-refractivity contribution in [1.29, 1.82) is 0 Å². The molecule has 0 radical (unpaired) electrons. The third-order valence-corrected chi connectivity index (χ3v) is 4.72. The number of hydrogen-bond acceptors (Lipinski definition) is 7. The second kappa shape index (κ2) is 5.30. The second-order valence-corrected chi connectivity index (χ2v) is 6.61. The molecule has 0 unspecified atom stereocenters. The molecule has 1 heterocycles. The van der Waals surface area contributed by atoms with Crippen molar-refractivity contribution in [2.24, 2.45) is 0 Å². The summed E-state index contributed by atoms with van der Waals surface area (Å²) in [6.45, 7) is -0.648. The Hall–Kier alpha value is -2.20. The number of carbonyl (C=O) groups is 1. The number of fused-ring (bicyclic) bond motifs is 1. The van der Waals surface area contributed by atoms with Crippen LogP contribution in [0.1, 0.15) is 0 Å². The molecular weight excluding hydrogens is 300 g/mol. The summed E-state index contributed by atoms with van der Waals surface area (Å²) >= 11 is 0. The van der Waals surface area contributed by atoms with Crippen LogP contribution >= 0.6 is 0 Å². The van der Waals surface area contributed by atoms with Crippen LogP contribution in [0.2, 0.25) is 0 Å². The van der Waals surface area contributed by atoms with Gasteiger partial charge >= 0.3 is 5.97 Å². The van der Waals surface area contributed by atoms with Gasteiger partial charge in [-0.25, -0.2) is 13.0 Å². The molecule has 0 bridgehead atoms. The van der Waals surface area contributed by atoms with Crippen molar-refractivity contribution in [2.45, 2.75) is 4.90 Å². The molecule has 2 aromatic rings. The van der Waals surface area contributed by atoms with Gasteiger partial charge in [0, 0.05) is 21.1 Å². The second-order valence-electron chi connectivity index (χ2n) is 4.59. The molecule has 0 spiro atoms. The number of aromatic nitrogens is 2. The summed E-state index contributed by atoms with van der Waals surface area (Å²) in [7, 11) is 0.726. The number of hydrogen-bond donors (Lipinski definition) is 1. The molecule has 9 nitrogen and oxygen atoms in total. The number of aliphatic carboxylic acids is 1. The third kappa shape index (κ3) is 2.67. The maximum Gasteiger partial charge on any atom is 0.318 e. The summed E-state index contributed by atoms with van der Waals surface area (Å²) < 4.78 is 30.2. The topological polar surface area (TPSA) is 117 Å². The first kappa shape index (κ1) is 15.2. The molecule has 0 fully saturated rings. The van der Waals surface area contributed by atoms with Gasteiger partial charge in [0.25, 0.3) is 0 Å². The normalized spacial score (nSPS) is 12.0. The van der Waals surface area contributed by atoms with Crippen LogP contribution in [-0.4, -0.2) is 61.8 Å². The standard InChI is InChI=1S/C11H14N4O5S/c1-14(2)7-4-5-8(11-10(7)12-20-13-11)21(18,19)15(3)6-9(16)17/h4-5H,6H2,1-3H3,(H,16,17). The van der Waals surface area contributed by atoms with E-state index in [1.165, 1.54) is 13.1 Å². The van der Waals surface area contributed by atoms with Gasteiger partial charge in [0.05, 0.1) is 5.69 Å². The highest BCUT2D eigenvalue weighted by atomic mass is 32.2. The largest absolute Gasteiger partial charge is 0.480 e. The summed E-state index contributed by atoms with van der Waals surface area (Å²) in [6.07, 6.45) is 0. The van der Waals surface area contributed by atoms with E-state index in [2.05, 4.69) is 14.9 Å². The lowest BCUT2D eigenvalue weighted by molar-refractivity contribution is -0.137. The van der Waals surface area contributed by atoms with E-state index in [9.17, 15) is 13.2 Å². The first-order valence-electron chi connectivity index (χ1n) is 5.86. The molecule has 0 aliphatic carbocycles. The Labute approximate surface area is 120 Å². The molecular formula is C11H14N4O5S. The Balaban J connectivity index is 2.60. The van der Waals surface area contributed by atoms with Crippen molar-refractivity contribution >= 4 is 32.7 Å². The van der Waals surface area contributed by atoms with E-state index in [-0.39, 0.29) is 10.4 Å². The van der Waals surface area contributed by atoms with E-state index in [1.807, 2.05) is 0 Å². The zero-order valence-corrected chi connectivity index (χ0v) is 12.5. The van der Waals surface area contributed by atoms with Crippen molar-refractivity contribution in [3.8, 4) is 0 Å². The van der Waals surface area contributed by atoms with Crippen molar-refractivity contribution in [3.05, 3.63) is 12.1 Å². The average Bonchev–Trinajstić information content (AvgIpc) is 2.84. The maximum atomic E-state index is 12.4. The smallest absolute Gasteiger partial charge is 0.318 e. The van der Waals surface area contributed by atoms with Gasteiger partial charge in [0.15, 0.2) is 11.0 Å². The Morgan fingerprint density at radius 2 is 1.86 bits per heavy atom. The predicted octanol–water partition coefficient (Wildman–Crippen LogP) is -0.00610. The molecule has 2 rings (SSSR count). The monoisotopic (exact) mass is 314 g/mol. The van der Waals surface area contributed by atoms with E-state index < -0.39 is 22.5 Å². The van der Waals surface area contributed by atoms with Crippen LogP contribution < -0.4 is 4.90 Å².